The number of esters is 1. The van der Waals surface area contributed by atoms with E-state index in [1.165, 1.54) is 12.1 Å². The lowest BCUT2D eigenvalue weighted by atomic mass is 10.0. The maximum Gasteiger partial charge on any atom is 0.418 e. The Morgan fingerprint density at radius 2 is 1.63 bits per heavy atom. The standard InChI is InChI=1S/C22H22F3NO4/c1-2-5-15-8-10-16(11-9-15)19(27)12-13-21(29)30-14-20(28)26-18-7-4-3-6-17(18)22(23,24)25/h3-4,6-11H,2,5,12-14H2,1H3,(H,26,28). The van der Waals surface area contributed by atoms with E-state index in [9.17, 15) is 27.6 Å². The van der Waals surface area contributed by atoms with Crippen molar-refractivity contribution in [1.29, 1.82) is 0 Å². The minimum atomic E-state index is -4.63. The van der Waals surface area contributed by atoms with Crippen molar-refractivity contribution in [3.8, 4) is 0 Å². The van der Waals surface area contributed by atoms with E-state index in [1.54, 1.807) is 12.1 Å². The molecule has 8 heteroatoms. The van der Waals surface area contributed by atoms with Crippen molar-refractivity contribution in [1.82, 2.24) is 0 Å². The zero-order chi connectivity index (χ0) is 22.1. The number of ketones is 1. The van der Waals surface area contributed by atoms with Gasteiger partial charge in [0.25, 0.3) is 5.91 Å². The largest absolute Gasteiger partial charge is 0.456 e. The molecule has 160 valence electrons. The zero-order valence-electron chi connectivity index (χ0n) is 16.4. The van der Waals surface area contributed by atoms with Gasteiger partial charge in [0, 0.05) is 12.0 Å². The Morgan fingerprint density at radius 1 is 0.967 bits per heavy atom. The van der Waals surface area contributed by atoms with Crippen LogP contribution in [0.1, 0.15) is 47.7 Å². The van der Waals surface area contributed by atoms with E-state index < -0.39 is 35.9 Å². The van der Waals surface area contributed by atoms with Gasteiger partial charge in [-0.1, -0.05) is 49.7 Å². The second-order valence-electron chi connectivity index (χ2n) is 6.62. The molecule has 0 aromatic heterocycles. The quantitative estimate of drug-likeness (QED) is 0.466. The van der Waals surface area contributed by atoms with Crippen LogP contribution in [-0.2, 0) is 26.9 Å². The van der Waals surface area contributed by atoms with Crippen LogP contribution in [0.5, 0.6) is 0 Å². The maximum atomic E-state index is 12.9. The van der Waals surface area contributed by atoms with Gasteiger partial charge >= 0.3 is 12.1 Å². The van der Waals surface area contributed by atoms with Crippen molar-refractivity contribution in [2.45, 2.75) is 38.8 Å². The summed E-state index contributed by atoms with van der Waals surface area (Å²) < 4.78 is 43.5. The van der Waals surface area contributed by atoms with E-state index in [-0.39, 0.29) is 18.6 Å². The van der Waals surface area contributed by atoms with Crippen molar-refractivity contribution in [2.24, 2.45) is 0 Å². The Balaban J connectivity index is 1.79. The summed E-state index contributed by atoms with van der Waals surface area (Å²) in [4.78, 5) is 35.7. The van der Waals surface area contributed by atoms with Gasteiger partial charge in [0.05, 0.1) is 17.7 Å². The third-order valence-corrected chi connectivity index (χ3v) is 4.24. The molecule has 0 fully saturated rings. The van der Waals surface area contributed by atoms with Crippen LogP contribution < -0.4 is 5.32 Å². The Kier molecular flexibility index (Phi) is 8.15. The lowest BCUT2D eigenvalue weighted by molar-refractivity contribution is -0.147. The van der Waals surface area contributed by atoms with Crippen LogP contribution >= 0.6 is 0 Å². The van der Waals surface area contributed by atoms with Gasteiger partial charge in [0.15, 0.2) is 12.4 Å². The number of anilines is 1. The number of nitrogens with one attached hydrogen (secondary N) is 1. The summed E-state index contributed by atoms with van der Waals surface area (Å²) in [5.41, 5.74) is 0.170. The van der Waals surface area contributed by atoms with Crippen LogP contribution in [0.3, 0.4) is 0 Å². The summed E-state index contributed by atoms with van der Waals surface area (Å²) in [6.45, 7) is 1.31. The third kappa shape index (κ3) is 7.02. The van der Waals surface area contributed by atoms with Crippen LogP contribution in [0.15, 0.2) is 48.5 Å². The number of Topliss-reactive ketones (excluding diaryl/α,β-unsaturated/α-hetero) is 1. The molecule has 0 aliphatic heterocycles. The van der Waals surface area contributed by atoms with Gasteiger partial charge in [-0.2, -0.15) is 13.2 Å². The minimum absolute atomic E-state index is 0.0928. The molecule has 5 nitrogen and oxygen atoms in total. The Labute approximate surface area is 172 Å². The average molecular weight is 421 g/mol. The molecule has 0 heterocycles. The number of carbonyl (C=O) groups is 3. The van der Waals surface area contributed by atoms with E-state index in [1.807, 2.05) is 12.1 Å². The zero-order valence-corrected chi connectivity index (χ0v) is 16.4. The maximum absolute atomic E-state index is 12.9. The smallest absolute Gasteiger partial charge is 0.418 e. The van der Waals surface area contributed by atoms with E-state index in [2.05, 4.69) is 12.2 Å². The number of aryl methyl sites for hydroxylation is 1. The number of para-hydroxylation sites is 1. The fourth-order valence-corrected chi connectivity index (χ4v) is 2.75. The van der Waals surface area contributed by atoms with Crippen LogP contribution in [0, 0.1) is 0 Å². The summed E-state index contributed by atoms with van der Waals surface area (Å²) in [7, 11) is 0. The van der Waals surface area contributed by atoms with Crippen molar-refractivity contribution in [2.75, 3.05) is 11.9 Å². The first-order chi connectivity index (χ1) is 14.2. The number of alkyl halides is 3. The molecule has 0 radical (unpaired) electrons. The molecule has 2 aromatic carbocycles. The number of benzene rings is 2. The molecule has 1 N–H and O–H groups in total. The number of amides is 1. The molecule has 0 unspecified atom stereocenters. The van der Waals surface area contributed by atoms with Gasteiger partial charge in [0.2, 0.25) is 0 Å². The highest BCUT2D eigenvalue weighted by Crippen LogP contribution is 2.34. The molecule has 0 bridgehead atoms. The van der Waals surface area contributed by atoms with Gasteiger partial charge in [-0.15, -0.1) is 0 Å². The average Bonchev–Trinajstić information content (AvgIpc) is 2.71. The molecule has 0 saturated heterocycles. The van der Waals surface area contributed by atoms with Gasteiger partial charge in [-0.05, 0) is 24.1 Å². The van der Waals surface area contributed by atoms with Crippen molar-refractivity contribution < 1.29 is 32.3 Å². The first-order valence-corrected chi connectivity index (χ1v) is 9.44. The molecule has 2 rings (SSSR count). The summed E-state index contributed by atoms with van der Waals surface area (Å²) in [6.07, 6.45) is -3.05. The predicted octanol–water partition coefficient (Wildman–Crippen LogP) is 4.80. The molecule has 0 spiro atoms. The fourth-order valence-electron chi connectivity index (χ4n) is 2.75. The van der Waals surface area contributed by atoms with Gasteiger partial charge < -0.3 is 10.1 Å². The molecule has 2 aromatic rings. The van der Waals surface area contributed by atoms with Crippen molar-refractivity contribution in [3.63, 3.8) is 0 Å². The van der Waals surface area contributed by atoms with Crippen LogP contribution in [0.4, 0.5) is 18.9 Å². The highest BCUT2D eigenvalue weighted by Gasteiger charge is 2.33. The summed E-state index contributed by atoms with van der Waals surface area (Å²) >= 11 is 0. The monoisotopic (exact) mass is 421 g/mol. The van der Waals surface area contributed by atoms with Crippen LogP contribution in [0.2, 0.25) is 0 Å². The van der Waals surface area contributed by atoms with Gasteiger partial charge in [0.1, 0.15) is 0 Å². The molecule has 0 saturated carbocycles. The van der Waals surface area contributed by atoms with E-state index in [0.717, 1.165) is 30.5 Å². The second-order valence-corrected chi connectivity index (χ2v) is 6.62. The van der Waals surface area contributed by atoms with E-state index in [0.29, 0.717) is 5.56 Å². The molecular weight excluding hydrogens is 399 g/mol. The summed E-state index contributed by atoms with van der Waals surface area (Å²) in [5.74, 6) is -1.93. The lowest BCUT2D eigenvalue weighted by Crippen LogP contribution is -2.23. The number of halogens is 3. The Morgan fingerprint density at radius 3 is 2.27 bits per heavy atom. The van der Waals surface area contributed by atoms with Crippen LogP contribution in [-0.4, -0.2) is 24.3 Å². The SMILES string of the molecule is CCCc1ccc(C(=O)CCC(=O)OCC(=O)Nc2ccccc2C(F)(F)F)cc1. The first kappa shape index (κ1) is 23.1. The highest BCUT2D eigenvalue weighted by molar-refractivity contribution is 5.98. The fraction of sp³-hybridized carbons (Fsp3) is 0.318. The topological polar surface area (TPSA) is 72.5 Å². The predicted molar refractivity (Wildman–Crippen MR) is 105 cm³/mol. The molecule has 30 heavy (non-hydrogen) atoms. The third-order valence-electron chi connectivity index (χ3n) is 4.24. The lowest BCUT2D eigenvalue weighted by Gasteiger charge is -2.13. The summed E-state index contributed by atoms with van der Waals surface area (Å²) in [6, 6.07) is 11.6. The van der Waals surface area contributed by atoms with E-state index in [4.69, 9.17) is 4.74 Å². The van der Waals surface area contributed by atoms with Crippen molar-refractivity contribution in [3.05, 3.63) is 65.2 Å². The van der Waals surface area contributed by atoms with Gasteiger partial charge in [-0.3, -0.25) is 14.4 Å². The second kappa shape index (κ2) is 10.6. The van der Waals surface area contributed by atoms with Crippen LogP contribution in [0.25, 0.3) is 0 Å². The normalized spacial score (nSPS) is 11.1. The van der Waals surface area contributed by atoms with Gasteiger partial charge in [-0.25, -0.2) is 0 Å². The highest BCUT2D eigenvalue weighted by atomic mass is 19.4. The molecular formula is C22H22F3NO4. The number of hydrogen-bond donors (Lipinski definition) is 1. The molecule has 0 aliphatic carbocycles. The Hall–Kier alpha value is -3.16. The number of carbonyl (C=O) groups excluding carboxylic acids is 3. The number of ether oxygens (including phenoxy) is 1. The first-order valence-electron chi connectivity index (χ1n) is 9.44. The number of hydrogen-bond acceptors (Lipinski definition) is 4. The Bertz CT molecular complexity index is 892. The number of rotatable bonds is 9. The molecule has 1 amide bonds. The summed E-state index contributed by atoms with van der Waals surface area (Å²) in [5, 5.41) is 2.08. The van der Waals surface area contributed by atoms with Crippen molar-refractivity contribution >= 4 is 23.3 Å². The molecule has 0 aliphatic rings. The molecule has 0 atom stereocenters. The van der Waals surface area contributed by atoms with E-state index >= 15 is 0 Å². The minimum Gasteiger partial charge on any atom is -0.456 e.